The Bertz CT molecular complexity index is 394. The molecule has 104 valence electrons. The van der Waals surface area contributed by atoms with Gasteiger partial charge in [-0.25, -0.2) is 0 Å². The van der Waals surface area contributed by atoms with Crippen LogP contribution in [0.3, 0.4) is 0 Å². The standard InChI is InChI=1S/C16H24N2O/c1-2-16(19)14-6-8-15(9-7-14)17-10-5-13-18-11-3-4-12-18/h6-9,17H,2-5,10-13H2,1H3. The number of hydrogen-bond acceptors (Lipinski definition) is 3. The van der Waals surface area contributed by atoms with E-state index in [4.69, 9.17) is 0 Å². The number of carbonyl (C=O) groups excluding carboxylic acids is 1. The van der Waals surface area contributed by atoms with E-state index >= 15 is 0 Å². The van der Waals surface area contributed by atoms with Crippen molar-refractivity contribution < 1.29 is 4.79 Å². The van der Waals surface area contributed by atoms with Gasteiger partial charge in [-0.15, -0.1) is 0 Å². The Morgan fingerprint density at radius 1 is 1.21 bits per heavy atom. The first-order valence-electron chi connectivity index (χ1n) is 7.39. The van der Waals surface area contributed by atoms with Crippen LogP contribution in [-0.2, 0) is 0 Å². The number of Topliss-reactive ketones (excluding diaryl/α,β-unsaturated/α-hetero) is 1. The first kappa shape index (κ1) is 14.1. The zero-order valence-corrected chi connectivity index (χ0v) is 11.8. The quantitative estimate of drug-likeness (QED) is 0.603. The molecular formula is C16H24N2O. The van der Waals surface area contributed by atoms with Gasteiger partial charge in [-0.3, -0.25) is 4.79 Å². The van der Waals surface area contributed by atoms with Crippen LogP contribution in [0.4, 0.5) is 5.69 Å². The fourth-order valence-corrected chi connectivity index (χ4v) is 2.52. The van der Waals surface area contributed by atoms with Gasteiger partial charge >= 0.3 is 0 Å². The summed E-state index contributed by atoms with van der Waals surface area (Å²) in [6.07, 6.45) is 4.47. The zero-order valence-electron chi connectivity index (χ0n) is 11.8. The van der Waals surface area contributed by atoms with Gasteiger partial charge < -0.3 is 10.2 Å². The summed E-state index contributed by atoms with van der Waals surface area (Å²) in [5.41, 5.74) is 1.92. The molecule has 0 radical (unpaired) electrons. The van der Waals surface area contributed by atoms with Gasteiger partial charge in [0.25, 0.3) is 0 Å². The third-order valence-electron chi connectivity index (χ3n) is 3.71. The average Bonchev–Trinajstić information content (AvgIpc) is 2.96. The summed E-state index contributed by atoms with van der Waals surface area (Å²) in [6, 6.07) is 7.82. The Hall–Kier alpha value is -1.35. The van der Waals surface area contributed by atoms with Crippen LogP contribution in [0.2, 0.25) is 0 Å². The van der Waals surface area contributed by atoms with E-state index in [1.54, 1.807) is 0 Å². The largest absolute Gasteiger partial charge is 0.385 e. The Kier molecular flexibility index (Phi) is 5.40. The van der Waals surface area contributed by atoms with Crippen molar-refractivity contribution in [2.24, 2.45) is 0 Å². The van der Waals surface area contributed by atoms with Crippen molar-refractivity contribution in [1.29, 1.82) is 0 Å². The normalized spacial score (nSPS) is 15.6. The van der Waals surface area contributed by atoms with Gasteiger partial charge in [0.05, 0.1) is 0 Å². The van der Waals surface area contributed by atoms with E-state index in [0.29, 0.717) is 6.42 Å². The summed E-state index contributed by atoms with van der Waals surface area (Å²) in [5.74, 6) is 0.209. The molecule has 0 aliphatic carbocycles. The molecule has 2 rings (SSSR count). The first-order valence-corrected chi connectivity index (χ1v) is 7.39. The Labute approximate surface area is 116 Å². The van der Waals surface area contributed by atoms with Gasteiger partial charge in [0.2, 0.25) is 0 Å². The monoisotopic (exact) mass is 260 g/mol. The summed E-state index contributed by atoms with van der Waals surface area (Å²) in [4.78, 5) is 14.0. The number of nitrogens with one attached hydrogen (secondary N) is 1. The third kappa shape index (κ3) is 4.35. The van der Waals surface area contributed by atoms with Crippen molar-refractivity contribution in [3.8, 4) is 0 Å². The molecule has 0 atom stereocenters. The topological polar surface area (TPSA) is 32.3 Å². The lowest BCUT2D eigenvalue weighted by Crippen LogP contribution is -2.22. The van der Waals surface area contributed by atoms with E-state index < -0.39 is 0 Å². The fourth-order valence-electron chi connectivity index (χ4n) is 2.52. The summed E-state index contributed by atoms with van der Waals surface area (Å²) >= 11 is 0. The number of carbonyl (C=O) groups is 1. The lowest BCUT2D eigenvalue weighted by atomic mass is 10.1. The Morgan fingerprint density at radius 3 is 2.53 bits per heavy atom. The van der Waals surface area contributed by atoms with Crippen molar-refractivity contribution in [3.05, 3.63) is 29.8 Å². The van der Waals surface area contributed by atoms with E-state index in [2.05, 4.69) is 10.2 Å². The molecule has 0 saturated carbocycles. The van der Waals surface area contributed by atoms with Crippen LogP contribution < -0.4 is 5.32 Å². The smallest absolute Gasteiger partial charge is 0.162 e. The predicted molar refractivity (Wildman–Crippen MR) is 79.8 cm³/mol. The van der Waals surface area contributed by atoms with Crippen molar-refractivity contribution in [2.45, 2.75) is 32.6 Å². The highest BCUT2D eigenvalue weighted by Crippen LogP contribution is 2.12. The molecule has 0 aromatic heterocycles. The van der Waals surface area contributed by atoms with Crippen LogP contribution in [0, 0.1) is 0 Å². The maximum Gasteiger partial charge on any atom is 0.162 e. The maximum atomic E-state index is 11.5. The van der Waals surface area contributed by atoms with Gasteiger partial charge in [-0.05, 0) is 63.2 Å². The van der Waals surface area contributed by atoms with E-state index in [0.717, 1.165) is 17.8 Å². The first-order chi connectivity index (χ1) is 9.29. The van der Waals surface area contributed by atoms with Crippen molar-refractivity contribution >= 4 is 11.5 Å². The molecule has 1 aromatic rings. The van der Waals surface area contributed by atoms with E-state index in [9.17, 15) is 4.79 Å². The SMILES string of the molecule is CCC(=O)c1ccc(NCCCN2CCCC2)cc1. The van der Waals surface area contributed by atoms with Crippen molar-refractivity contribution in [1.82, 2.24) is 4.90 Å². The molecular weight excluding hydrogens is 236 g/mol. The zero-order chi connectivity index (χ0) is 13.5. The highest BCUT2D eigenvalue weighted by atomic mass is 16.1. The number of hydrogen-bond donors (Lipinski definition) is 1. The second kappa shape index (κ2) is 7.29. The molecule has 1 aliphatic rings. The average molecular weight is 260 g/mol. The predicted octanol–water partition coefficient (Wildman–Crippen LogP) is 3.18. The number of anilines is 1. The van der Waals surface area contributed by atoms with Crippen LogP contribution in [0.15, 0.2) is 24.3 Å². The minimum atomic E-state index is 0.209. The Morgan fingerprint density at radius 2 is 1.89 bits per heavy atom. The second-order valence-electron chi connectivity index (χ2n) is 5.18. The molecule has 3 nitrogen and oxygen atoms in total. The van der Waals surface area contributed by atoms with Crippen LogP contribution in [0.25, 0.3) is 0 Å². The lowest BCUT2D eigenvalue weighted by Gasteiger charge is -2.14. The highest BCUT2D eigenvalue weighted by Gasteiger charge is 2.10. The summed E-state index contributed by atoms with van der Waals surface area (Å²) in [7, 11) is 0. The lowest BCUT2D eigenvalue weighted by molar-refractivity contribution is 0.0988. The van der Waals surface area contributed by atoms with Crippen molar-refractivity contribution in [3.63, 3.8) is 0 Å². The molecule has 1 saturated heterocycles. The van der Waals surface area contributed by atoms with Crippen LogP contribution in [0.1, 0.15) is 43.0 Å². The minimum absolute atomic E-state index is 0.209. The number of rotatable bonds is 7. The van der Waals surface area contributed by atoms with Gasteiger partial charge in [0.1, 0.15) is 0 Å². The molecule has 0 amide bonds. The molecule has 1 fully saturated rings. The highest BCUT2D eigenvalue weighted by molar-refractivity contribution is 5.96. The number of benzene rings is 1. The van der Waals surface area contributed by atoms with Gasteiger partial charge in [0.15, 0.2) is 5.78 Å². The Balaban J connectivity index is 1.69. The molecule has 1 aliphatic heterocycles. The summed E-state index contributed by atoms with van der Waals surface area (Å²) in [5, 5.41) is 3.41. The minimum Gasteiger partial charge on any atom is -0.385 e. The molecule has 1 N–H and O–H groups in total. The van der Waals surface area contributed by atoms with Gasteiger partial charge in [-0.2, -0.15) is 0 Å². The molecule has 3 heteroatoms. The van der Waals surface area contributed by atoms with Crippen LogP contribution in [0.5, 0.6) is 0 Å². The van der Waals surface area contributed by atoms with E-state index in [1.165, 1.54) is 38.9 Å². The number of nitrogens with zero attached hydrogens (tertiary/aromatic N) is 1. The maximum absolute atomic E-state index is 11.5. The molecule has 1 aromatic carbocycles. The second-order valence-corrected chi connectivity index (χ2v) is 5.18. The van der Waals surface area contributed by atoms with E-state index in [1.807, 2.05) is 31.2 Å². The molecule has 1 heterocycles. The summed E-state index contributed by atoms with van der Waals surface area (Å²) < 4.78 is 0. The number of likely N-dealkylation sites (tertiary alicyclic amines) is 1. The van der Waals surface area contributed by atoms with Gasteiger partial charge in [0, 0.05) is 24.2 Å². The summed E-state index contributed by atoms with van der Waals surface area (Å²) in [6.45, 7) is 6.63. The molecule has 0 bridgehead atoms. The molecule has 0 unspecified atom stereocenters. The van der Waals surface area contributed by atoms with Crippen LogP contribution in [-0.4, -0.2) is 36.9 Å². The third-order valence-corrected chi connectivity index (χ3v) is 3.71. The molecule has 0 spiro atoms. The van der Waals surface area contributed by atoms with E-state index in [-0.39, 0.29) is 5.78 Å². The fraction of sp³-hybridized carbons (Fsp3) is 0.562. The van der Waals surface area contributed by atoms with Crippen LogP contribution >= 0.6 is 0 Å². The molecule has 19 heavy (non-hydrogen) atoms. The number of ketones is 1. The van der Waals surface area contributed by atoms with Crippen molar-refractivity contribution in [2.75, 3.05) is 31.5 Å². The van der Waals surface area contributed by atoms with Gasteiger partial charge in [-0.1, -0.05) is 6.92 Å².